The van der Waals surface area contributed by atoms with Crippen LogP contribution in [0, 0.1) is 68.0 Å². The van der Waals surface area contributed by atoms with Gasteiger partial charge in [-0.05, 0) is 158 Å². The minimum atomic E-state index is -2.88. The lowest BCUT2D eigenvalue weighted by molar-refractivity contribution is -0.221. The Hall–Kier alpha value is -2.77. The third kappa shape index (κ3) is 7.10. The molecule has 6 aliphatic carbocycles. The number of sulfone groups is 1. The molecule has 0 radical (unpaired) electrons. The maximum atomic E-state index is 12.8. The molecular weight excluding hydrogens is 767 g/mol. The molecule has 4 saturated carbocycles. The first kappa shape index (κ1) is 43.9. The largest absolute Gasteiger partial charge is 0.481 e. The number of nitrogens with zero attached hydrogens (tertiary/aromatic N) is 2. The number of nitriles is 1. The number of hydrogen-bond donors (Lipinski definition) is 2. The Morgan fingerprint density at radius 1 is 0.950 bits per heavy atom. The quantitative estimate of drug-likeness (QED) is 0.212. The number of carboxylic acid groups (broad SMARTS) is 1. The van der Waals surface area contributed by atoms with Gasteiger partial charge in [-0.3, -0.25) is 4.79 Å². The van der Waals surface area contributed by atoms with E-state index >= 15 is 0 Å². The highest BCUT2D eigenvalue weighted by Gasteiger charge is 2.70. The molecule has 8 rings (SSSR count). The second kappa shape index (κ2) is 15.8. The van der Waals surface area contributed by atoms with Crippen molar-refractivity contribution in [3.63, 3.8) is 0 Å². The van der Waals surface area contributed by atoms with E-state index in [0.29, 0.717) is 61.1 Å². The summed E-state index contributed by atoms with van der Waals surface area (Å²) in [5, 5.41) is 24.3. The van der Waals surface area contributed by atoms with E-state index < -0.39 is 21.2 Å². The highest BCUT2D eigenvalue weighted by atomic mass is 32.2. The summed E-state index contributed by atoms with van der Waals surface area (Å²) >= 11 is 0. The van der Waals surface area contributed by atoms with Crippen LogP contribution in [0.4, 0.5) is 0 Å². The number of rotatable bonds is 11. The van der Waals surface area contributed by atoms with Crippen molar-refractivity contribution in [2.45, 2.75) is 131 Å². The van der Waals surface area contributed by atoms with Crippen LogP contribution in [0.1, 0.15) is 130 Å². The van der Waals surface area contributed by atoms with Gasteiger partial charge in [-0.2, -0.15) is 5.26 Å². The van der Waals surface area contributed by atoms with E-state index in [2.05, 4.69) is 76.6 Å². The molecule has 1 saturated heterocycles. The molecule has 1 aromatic rings. The second-order valence-electron chi connectivity index (χ2n) is 22.1. The summed E-state index contributed by atoms with van der Waals surface area (Å²) < 4.78 is 30.3. The number of fused-ring (bicyclic) bond motifs is 7. The average Bonchev–Trinajstić information content (AvgIpc) is 3.59. The van der Waals surface area contributed by atoms with Crippen LogP contribution in [0.3, 0.4) is 0 Å². The zero-order chi connectivity index (χ0) is 42.9. The van der Waals surface area contributed by atoms with Crippen LogP contribution in [0.5, 0.6) is 0 Å². The fraction of sp³-hybridized carbons (Fsp3) is 0.725. The Bertz CT molecular complexity index is 2070. The zero-order valence-corrected chi connectivity index (χ0v) is 38.4. The Morgan fingerprint density at radius 2 is 1.70 bits per heavy atom. The summed E-state index contributed by atoms with van der Waals surface area (Å²) in [6, 6.07) is 9.59. The molecule has 60 heavy (non-hydrogen) atoms. The molecule has 10 atom stereocenters. The summed E-state index contributed by atoms with van der Waals surface area (Å²) in [6.07, 6.45) is 17.6. The minimum absolute atomic E-state index is 0.0146. The van der Waals surface area contributed by atoms with Crippen molar-refractivity contribution in [1.82, 2.24) is 10.2 Å². The smallest absolute Gasteiger partial charge is 0.312 e. The molecule has 0 amide bonds. The molecule has 0 spiro atoms. The third-order valence-electron chi connectivity index (χ3n) is 19.2. The molecule has 2 unspecified atom stereocenters. The first-order valence-electron chi connectivity index (χ1n) is 23.4. The molecule has 1 heterocycles. The number of allylic oxidation sites excluding steroid dienone is 5. The molecule has 2 N–H and O–H groups in total. The number of benzene rings is 1. The fourth-order valence-corrected chi connectivity index (χ4v) is 17.0. The predicted molar refractivity (Wildman–Crippen MR) is 239 cm³/mol. The number of carboxylic acids is 1. The van der Waals surface area contributed by atoms with Gasteiger partial charge >= 0.3 is 5.97 Å². The van der Waals surface area contributed by atoms with E-state index in [1.54, 1.807) is 6.07 Å². The van der Waals surface area contributed by atoms with Crippen molar-refractivity contribution in [2.24, 2.45) is 56.7 Å². The van der Waals surface area contributed by atoms with Crippen LogP contribution < -0.4 is 5.32 Å². The van der Waals surface area contributed by atoms with Gasteiger partial charge in [-0.1, -0.05) is 77.1 Å². The number of ether oxygens (including phenoxy) is 1. The van der Waals surface area contributed by atoms with E-state index in [1.807, 2.05) is 18.2 Å². The second-order valence-corrected chi connectivity index (χ2v) is 24.4. The number of aliphatic carboxylic acids is 1. The molecular formula is C51H73N3O5S. The first-order valence-corrected chi connectivity index (χ1v) is 25.2. The normalized spacial score (nSPS) is 40.7. The first-order chi connectivity index (χ1) is 28.3. The van der Waals surface area contributed by atoms with Crippen LogP contribution in [0.2, 0.25) is 0 Å². The molecule has 328 valence electrons. The summed E-state index contributed by atoms with van der Waals surface area (Å²) in [7, 11) is -2.88. The molecule has 0 bridgehead atoms. The fourth-order valence-electron chi connectivity index (χ4n) is 15.7. The highest BCUT2D eigenvalue weighted by Crippen LogP contribution is 2.76. The van der Waals surface area contributed by atoms with Gasteiger partial charge < -0.3 is 20.1 Å². The molecule has 8 nitrogen and oxygen atoms in total. The Kier molecular flexibility index (Phi) is 11.5. The Morgan fingerprint density at radius 3 is 2.38 bits per heavy atom. The third-order valence-corrected chi connectivity index (χ3v) is 20.8. The lowest BCUT2D eigenvalue weighted by atomic mass is 9.33. The maximum absolute atomic E-state index is 12.8. The lowest BCUT2D eigenvalue weighted by Gasteiger charge is -2.72. The van der Waals surface area contributed by atoms with Gasteiger partial charge in [0, 0.05) is 31.7 Å². The van der Waals surface area contributed by atoms with Crippen molar-refractivity contribution < 1.29 is 23.1 Å². The molecule has 5 fully saturated rings. The number of nitrogens with one attached hydrogen (secondary N) is 1. The van der Waals surface area contributed by atoms with Gasteiger partial charge in [0.05, 0.1) is 41.8 Å². The monoisotopic (exact) mass is 840 g/mol. The van der Waals surface area contributed by atoms with Crippen molar-refractivity contribution in [3.8, 4) is 6.07 Å². The van der Waals surface area contributed by atoms with E-state index in [9.17, 15) is 23.6 Å². The standard InChI is InChI=1S/C51H73N3O5S/c1-35(2)39-16-23-51(53-26-27-54-28-30-60(57,58)31-29-54)25-24-48(6)41(44(39)51)12-13-43-47(5)19-17-40(46(3,4)42(47)18-20-49(43,48)7)36-14-21-50(22-15-36,45(55)56)34-59-33-38-11-9-8-10-37(38)32-52/h8-11,14,17,39,41-44,53H,1,12-13,15-16,18-31,33-34H2,2-7H3,(H,55,56)/t39-,41+,42-,43+,44+,47?,48+,49+,50?,51-/m0/s1. The summed E-state index contributed by atoms with van der Waals surface area (Å²) in [6.45, 7) is 23.5. The Balaban J connectivity index is 0.990. The maximum Gasteiger partial charge on any atom is 0.312 e. The van der Waals surface area contributed by atoms with Crippen LogP contribution in [0.25, 0.3) is 0 Å². The zero-order valence-electron chi connectivity index (χ0n) is 37.6. The summed E-state index contributed by atoms with van der Waals surface area (Å²) in [5.74, 6) is 2.76. The van der Waals surface area contributed by atoms with Gasteiger partial charge in [0.1, 0.15) is 0 Å². The minimum Gasteiger partial charge on any atom is -0.481 e. The SMILES string of the molecule is C=C(C)[C@@H]1CC[C@]2(NCCN3CCS(=O)(=O)CC3)CC[C@]3(C)[C@H](CC[C@@H]4C5(C)CC=C(C6=CCC(COCc7ccccc7C#N)(C(=O)O)CC6)C(C)(C)[C@@H]5CC[C@]43C)[C@@H]12. The number of carbonyl (C=O) groups is 1. The van der Waals surface area contributed by atoms with Crippen molar-refractivity contribution in [1.29, 1.82) is 5.26 Å². The van der Waals surface area contributed by atoms with Crippen LogP contribution in [0.15, 0.2) is 59.7 Å². The van der Waals surface area contributed by atoms with Gasteiger partial charge in [-0.25, -0.2) is 8.42 Å². The van der Waals surface area contributed by atoms with E-state index in [-0.39, 0.29) is 51.9 Å². The highest BCUT2D eigenvalue weighted by molar-refractivity contribution is 7.91. The lowest BCUT2D eigenvalue weighted by Crippen LogP contribution is -2.68. The summed E-state index contributed by atoms with van der Waals surface area (Å²) in [5.41, 5.74) is 5.35. The molecule has 1 aromatic carbocycles. The molecule has 1 aliphatic heterocycles. The Labute approximate surface area is 361 Å². The van der Waals surface area contributed by atoms with E-state index in [0.717, 1.165) is 31.5 Å². The molecule has 7 aliphatic rings. The van der Waals surface area contributed by atoms with Gasteiger partial charge in [-0.15, -0.1) is 0 Å². The van der Waals surface area contributed by atoms with Gasteiger partial charge in [0.25, 0.3) is 0 Å². The van der Waals surface area contributed by atoms with Crippen LogP contribution in [-0.2, 0) is 26.0 Å². The number of hydrogen-bond acceptors (Lipinski definition) is 7. The molecule has 9 heteroatoms. The molecule has 0 aromatic heterocycles. The van der Waals surface area contributed by atoms with E-state index in [1.165, 1.54) is 68.1 Å². The predicted octanol–water partition coefficient (Wildman–Crippen LogP) is 9.52. The van der Waals surface area contributed by atoms with Crippen LogP contribution >= 0.6 is 0 Å². The van der Waals surface area contributed by atoms with Crippen molar-refractivity contribution >= 4 is 15.8 Å². The topological polar surface area (TPSA) is 120 Å². The summed E-state index contributed by atoms with van der Waals surface area (Å²) in [4.78, 5) is 15.2. The average molecular weight is 840 g/mol. The van der Waals surface area contributed by atoms with Crippen molar-refractivity contribution in [2.75, 3.05) is 44.3 Å². The van der Waals surface area contributed by atoms with Crippen molar-refractivity contribution in [3.05, 3.63) is 70.8 Å². The van der Waals surface area contributed by atoms with Gasteiger partial charge in [0.15, 0.2) is 9.84 Å². The van der Waals surface area contributed by atoms with E-state index in [4.69, 9.17) is 4.74 Å². The van der Waals surface area contributed by atoms with Gasteiger partial charge in [0.2, 0.25) is 0 Å². The van der Waals surface area contributed by atoms with Crippen LogP contribution in [-0.4, -0.2) is 74.2 Å².